The SMILES string of the molecule is CNCc1cc(S(=O)(=O)Nc2ccccn2)ccc1Cl. The summed E-state index contributed by atoms with van der Waals surface area (Å²) in [6.07, 6.45) is 1.52. The van der Waals surface area contributed by atoms with Crippen LogP contribution in [0.25, 0.3) is 0 Å². The van der Waals surface area contributed by atoms with Crippen molar-refractivity contribution in [1.82, 2.24) is 10.3 Å². The maximum atomic E-state index is 12.3. The Labute approximate surface area is 123 Å². The van der Waals surface area contributed by atoms with E-state index in [-0.39, 0.29) is 10.7 Å². The number of sulfonamides is 1. The zero-order chi connectivity index (χ0) is 14.6. The Morgan fingerprint density at radius 1 is 1.25 bits per heavy atom. The lowest BCUT2D eigenvalue weighted by molar-refractivity contribution is 0.601. The fourth-order valence-electron chi connectivity index (χ4n) is 1.66. The molecule has 0 unspecified atom stereocenters. The van der Waals surface area contributed by atoms with Gasteiger partial charge in [0.15, 0.2) is 0 Å². The molecule has 0 aliphatic carbocycles. The van der Waals surface area contributed by atoms with Gasteiger partial charge in [0.05, 0.1) is 4.90 Å². The minimum absolute atomic E-state index is 0.151. The predicted molar refractivity (Wildman–Crippen MR) is 79.3 cm³/mol. The number of aromatic nitrogens is 1. The van der Waals surface area contributed by atoms with Gasteiger partial charge in [0, 0.05) is 17.8 Å². The number of benzene rings is 1. The molecular weight excluding hydrogens is 298 g/mol. The molecule has 2 N–H and O–H groups in total. The molecule has 106 valence electrons. The van der Waals surface area contributed by atoms with Crippen molar-refractivity contribution in [2.24, 2.45) is 0 Å². The fraction of sp³-hybridized carbons (Fsp3) is 0.154. The maximum absolute atomic E-state index is 12.3. The number of hydrogen-bond acceptors (Lipinski definition) is 4. The van der Waals surface area contributed by atoms with Crippen LogP contribution in [0.2, 0.25) is 5.02 Å². The van der Waals surface area contributed by atoms with Crippen LogP contribution in [0.4, 0.5) is 5.82 Å². The first-order chi connectivity index (χ1) is 9.53. The first kappa shape index (κ1) is 14.8. The maximum Gasteiger partial charge on any atom is 0.263 e. The lowest BCUT2D eigenvalue weighted by Gasteiger charge is -2.10. The first-order valence-corrected chi connectivity index (χ1v) is 7.76. The van der Waals surface area contributed by atoms with Crippen molar-refractivity contribution in [2.45, 2.75) is 11.4 Å². The molecule has 0 bridgehead atoms. The molecule has 0 aliphatic heterocycles. The molecule has 20 heavy (non-hydrogen) atoms. The monoisotopic (exact) mass is 311 g/mol. The van der Waals surface area contributed by atoms with Gasteiger partial charge in [0.25, 0.3) is 10.0 Å². The zero-order valence-electron chi connectivity index (χ0n) is 10.8. The molecule has 0 saturated heterocycles. The van der Waals surface area contributed by atoms with E-state index in [0.29, 0.717) is 11.6 Å². The molecule has 0 radical (unpaired) electrons. The summed E-state index contributed by atoms with van der Waals surface area (Å²) in [5.41, 5.74) is 0.720. The Hall–Kier alpha value is -1.63. The van der Waals surface area contributed by atoms with E-state index < -0.39 is 10.0 Å². The predicted octanol–water partition coefficient (Wildman–Crippen LogP) is 2.26. The van der Waals surface area contributed by atoms with E-state index in [1.54, 1.807) is 37.4 Å². The number of anilines is 1. The van der Waals surface area contributed by atoms with Crippen molar-refractivity contribution in [3.8, 4) is 0 Å². The Morgan fingerprint density at radius 2 is 2.05 bits per heavy atom. The zero-order valence-corrected chi connectivity index (χ0v) is 12.4. The highest BCUT2D eigenvalue weighted by molar-refractivity contribution is 7.92. The standard InChI is InChI=1S/C13H14ClN3O2S/c1-15-9-10-8-11(5-6-12(10)14)20(18,19)17-13-4-2-3-7-16-13/h2-8,15H,9H2,1H3,(H,16,17). The molecule has 0 spiro atoms. The lowest BCUT2D eigenvalue weighted by atomic mass is 10.2. The average molecular weight is 312 g/mol. The van der Waals surface area contributed by atoms with Crippen molar-refractivity contribution in [3.05, 3.63) is 53.2 Å². The Kier molecular flexibility index (Phi) is 4.59. The van der Waals surface area contributed by atoms with Crippen LogP contribution in [-0.2, 0) is 16.6 Å². The molecule has 1 heterocycles. The third-order valence-electron chi connectivity index (χ3n) is 2.60. The van der Waals surface area contributed by atoms with E-state index in [9.17, 15) is 8.42 Å². The second-order valence-electron chi connectivity index (χ2n) is 4.10. The van der Waals surface area contributed by atoms with Crippen LogP contribution in [0.1, 0.15) is 5.56 Å². The van der Waals surface area contributed by atoms with Gasteiger partial charge in [-0.25, -0.2) is 13.4 Å². The minimum atomic E-state index is -3.67. The molecular formula is C13H14ClN3O2S. The summed E-state index contributed by atoms with van der Waals surface area (Å²) in [5.74, 6) is 0.276. The van der Waals surface area contributed by atoms with E-state index in [1.807, 2.05) is 0 Å². The number of nitrogens with one attached hydrogen (secondary N) is 2. The molecule has 5 nitrogen and oxygen atoms in total. The Balaban J connectivity index is 2.32. The van der Waals surface area contributed by atoms with Gasteiger partial charge in [0.2, 0.25) is 0 Å². The Bertz CT molecular complexity index is 690. The second kappa shape index (κ2) is 6.21. The van der Waals surface area contributed by atoms with Gasteiger partial charge in [-0.1, -0.05) is 17.7 Å². The normalized spacial score (nSPS) is 11.3. The van der Waals surface area contributed by atoms with E-state index >= 15 is 0 Å². The van der Waals surface area contributed by atoms with Crippen LogP contribution in [0.5, 0.6) is 0 Å². The summed E-state index contributed by atoms with van der Waals surface area (Å²) in [7, 11) is -1.90. The molecule has 1 aromatic carbocycles. The van der Waals surface area contributed by atoms with Gasteiger partial charge >= 0.3 is 0 Å². The smallest absolute Gasteiger partial charge is 0.263 e. The highest BCUT2D eigenvalue weighted by Gasteiger charge is 2.16. The highest BCUT2D eigenvalue weighted by Crippen LogP contribution is 2.21. The van der Waals surface area contributed by atoms with E-state index in [2.05, 4.69) is 15.0 Å². The van der Waals surface area contributed by atoms with Crippen molar-refractivity contribution < 1.29 is 8.42 Å². The molecule has 2 rings (SSSR count). The van der Waals surface area contributed by atoms with Crippen LogP contribution < -0.4 is 10.0 Å². The summed E-state index contributed by atoms with van der Waals surface area (Å²) in [6.45, 7) is 0.492. The molecule has 0 amide bonds. The summed E-state index contributed by atoms with van der Waals surface area (Å²) < 4.78 is 26.9. The largest absolute Gasteiger partial charge is 0.316 e. The van der Waals surface area contributed by atoms with E-state index in [1.165, 1.54) is 12.3 Å². The number of hydrogen-bond donors (Lipinski definition) is 2. The van der Waals surface area contributed by atoms with Gasteiger partial charge in [-0.15, -0.1) is 0 Å². The molecule has 2 aromatic rings. The van der Waals surface area contributed by atoms with Crippen molar-refractivity contribution in [1.29, 1.82) is 0 Å². The van der Waals surface area contributed by atoms with Crippen LogP contribution in [0, 0.1) is 0 Å². The third kappa shape index (κ3) is 3.47. The minimum Gasteiger partial charge on any atom is -0.316 e. The topological polar surface area (TPSA) is 71.1 Å². The van der Waals surface area contributed by atoms with Gasteiger partial charge in [-0.05, 0) is 42.9 Å². The lowest BCUT2D eigenvalue weighted by Crippen LogP contribution is -2.15. The molecule has 0 aliphatic rings. The summed E-state index contributed by atoms with van der Waals surface area (Å²) in [6, 6.07) is 9.59. The molecule has 7 heteroatoms. The van der Waals surface area contributed by atoms with Gasteiger partial charge in [-0.2, -0.15) is 0 Å². The molecule has 1 aromatic heterocycles. The van der Waals surface area contributed by atoms with Gasteiger partial charge in [-0.3, -0.25) is 4.72 Å². The first-order valence-electron chi connectivity index (χ1n) is 5.90. The second-order valence-corrected chi connectivity index (χ2v) is 6.19. The highest BCUT2D eigenvalue weighted by atomic mass is 35.5. The summed E-state index contributed by atoms with van der Waals surface area (Å²) in [5, 5.41) is 3.47. The van der Waals surface area contributed by atoms with Gasteiger partial charge < -0.3 is 5.32 Å². The summed E-state index contributed by atoms with van der Waals surface area (Å²) >= 11 is 6.02. The summed E-state index contributed by atoms with van der Waals surface area (Å²) in [4.78, 5) is 4.09. The molecule has 0 fully saturated rings. The van der Waals surface area contributed by atoms with Crippen LogP contribution in [0.15, 0.2) is 47.5 Å². The van der Waals surface area contributed by atoms with Crippen LogP contribution >= 0.6 is 11.6 Å². The number of pyridine rings is 1. The van der Waals surface area contributed by atoms with Crippen molar-refractivity contribution in [2.75, 3.05) is 11.8 Å². The van der Waals surface area contributed by atoms with Crippen molar-refractivity contribution in [3.63, 3.8) is 0 Å². The average Bonchev–Trinajstić information content (AvgIpc) is 2.42. The number of nitrogens with zero attached hydrogens (tertiary/aromatic N) is 1. The molecule has 0 saturated carbocycles. The number of rotatable bonds is 5. The third-order valence-corrected chi connectivity index (χ3v) is 4.32. The fourth-order valence-corrected chi connectivity index (χ4v) is 2.91. The van der Waals surface area contributed by atoms with E-state index in [4.69, 9.17) is 11.6 Å². The van der Waals surface area contributed by atoms with Crippen LogP contribution in [-0.4, -0.2) is 20.4 Å². The van der Waals surface area contributed by atoms with Crippen molar-refractivity contribution >= 4 is 27.4 Å². The number of halogens is 1. The van der Waals surface area contributed by atoms with Gasteiger partial charge in [0.1, 0.15) is 5.82 Å². The van der Waals surface area contributed by atoms with E-state index in [0.717, 1.165) is 5.56 Å². The van der Waals surface area contributed by atoms with Crippen LogP contribution in [0.3, 0.4) is 0 Å². The quantitative estimate of drug-likeness (QED) is 0.888. The molecule has 0 atom stereocenters. The Morgan fingerprint density at radius 3 is 2.70 bits per heavy atom.